The number of Topliss-reactive ketones (excluding diaryl/α,β-unsaturated/α-hetero) is 1. The van der Waals surface area contributed by atoms with E-state index in [9.17, 15) is 27.7 Å². The van der Waals surface area contributed by atoms with Crippen LogP contribution in [0.1, 0.15) is 43.1 Å². The number of rotatable bonds is 10. The Hall–Kier alpha value is -3.07. The molecule has 1 N–H and O–H groups in total. The molecular weight excluding hydrogens is 563 g/mol. The normalized spacial score (nSPS) is 18.6. The number of nitrogens with one attached hydrogen (secondary N) is 1. The number of carbonyl (C=O) groups excluding carboxylic acids is 3. The fourth-order valence-corrected chi connectivity index (χ4v) is 6.92. The number of carbonyl (C=O) groups is 3. The summed E-state index contributed by atoms with van der Waals surface area (Å²) in [6.07, 6.45) is 0.197. The highest BCUT2D eigenvalue weighted by molar-refractivity contribution is 7.67. The molecule has 2 heterocycles. The van der Waals surface area contributed by atoms with Crippen molar-refractivity contribution in [3.8, 4) is 0 Å². The molecule has 0 saturated carbocycles. The van der Waals surface area contributed by atoms with Crippen molar-refractivity contribution >= 4 is 52.8 Å². The molecule has 2 amide bonds. The largest absolute Gasteiger partial charge is 0.350 e. The van der Waals surface area contributed by atoms with Crippen molar-refractivity contribution < 1.29 is 32.3 Å². The van der Waals surface area contributed by atoms with Crippen molar-refractivity contribution in [2.45, 2.75) is 52.5 Å². The lowest BCUT2D eigenvalue weighted by molar-refractivity contribution is -0.139. The van der Waals surface area contributed by atoms with Crippen LogP contribution >= 0.6 is 19.0 Å². The minimum atomic E-state index is -3.15. The maximum Gasteiger partial charge on any atom is 0.243 e. The number of aromatic nitrogens is 1. The van der Waals surface area contributed by atoms with Gasteiger partial charge in [0.15, 0.2) is 5.78 Å². The van der Waals surface area contributed by atoms with Crippen LogP contribution < -0.4 is 10.6 Å². The molecule has 0 bridgehead atoms. The molecule has 0 radical (unpaired) electrons. The van der Waals surface area contributed by atoms with Crippen molar-refractivity contribution in [3.63, 3.8) is 0 Å². The van der Waals surface area contributed by atoms with Crippen molar-refractivity contribution in [3.05, 3.63) is 64.6 Å². The lowest BCUT2D eigenvalue weighted by atomic mass is 10.1. The molecule has 2 aromatic carbocycles. The number of halogens is 3. The molecule has 8 nitrogen and oxygen atoms in total. The zero-order valence-corrected chi connectivity index (χ0v) is 24.1. The van der Waals surface area contributed by atoms with Crippen LogP contribution in [0.2, 0.25) is 5.02 Å². The molecule has 1 aliphatic heterocycles. The van der Waals surface area contributed by atoms with E-state index in [1.54, 1.807) is 42.7 Å². The first kappa shape index (κ1) is 29.9. The Kier molecular flexibility index (Phi) is 9.12. The first-order chi connectivity index (χ1) is 19.0. The van der Waals surface area contributed by atoms with Crippen LogP contribution in [0, 0.1) is 5.82 Å². The summed E-state index contributed by atoms with van der Waals surface area (Å²) in [5, 5.41) is 3.52. The van der Waals surface area contributed by atoms with Gasteiger partial charge in [-0.05, 0) is 32.0 Å². The molecular formula is C28H31ClF2N3O5P. The van der Waals surface area contributed by atoms with Gasteiger partial charge in [-0.25, -0.2) is 8.78 Å². The van der Waals surface area contributed by atoms with E-state index < -0.39 is 37.2 Å². The Balaban J connectivity index is 1.59. The van der Waals surface area contributed by atoms with Gasteiger partial charge in [0.05, 0.1) is 23.7 Å². The number of likely N-dealkylation sites (tertiary alicyclic amines) is 1. The molecule has 3 unspecified atom stereocenters. The Labute approximate surface area is 236 Å². The molecule has 214 valence electrons. The third-order valence-electron chi connectivity index (χ3n) is 7.06. The van der Waals surface area contributed by atoms with Crippen molar-refractivity contribution in [2.75, 3.05) is 19.3 Å². The average Bonchev–Trinajstić information content (AvgIpc) is 3.50. The van der Waals surface area contributed by atoms with Crippen molar-refractivity contribution in [1.82, 2.24) is 14.8 Å². The van der Waals surface area contributed by atoms with Crippen LogP contribution in [0.4, 0.5) is 8.78 Å². The molecule has 0 spiro atoms. The second-order valence-corrected chi connectivity index (χ2v) is 12.8. The maximum atomic E-state index is 14.5. The van der Waals surface area contributed by atoms with Gasteiger partial charge in [0, 0.05) is 47.1 Å². The molecule has 3 aromatic rings. The predicted molar refractivity (Wildman–Crippen MR) is 150 cm³/mol. The Morgan fingerprint density at radius 2 is 1.95 bits per heavy atom. The quantitative estimate of drug-likeness (QED) is 0.268. The van der Waals surface area contributed by atoms with Gasteiger partial charge < -0.3 is 19.3 Å². The van der Waals surface area contributed by atoms with Crippen LogP contribution in [0.3, 0.4) is 0 Å². The molecule has 40 heavy (non-hydrogen) atoms. The highest BCUT2D eigenvalue weighted by Gasteiger charge is 2.40. The summed E-state index contributed by atoms with van der Waals surface area (Å²) in [5.74, 6) is -2.03. The fourth-order valence-electron chi connectivity index (χ4n) is 4.99. The van der Waals surface area contributed by atoms with Crippen molar-refractivity contribution in [2.24, 2.45) is 0 Å². The first-order valence-corrected chi connectivity index (χ1v) is 15.2. The third kappa shape index (κ3) is 5.99. The molecule has 1 aliphatic rings. The minimum Gasteiger partial charge on any atom is -0.350 e. The summed E-state index contributed by atoms with van der Waals surface area (Å²) in [5.41, 5.74) is 1.04. The highest BCUT2D eigenvalue weighted by atomic mass is 35.5. The molecule has 1 saturated heterocycles. The zero-order valence-electron chi connectivity index (χ0n) is 22.5. The first-order valence-electron chi connectivity index (χ1n) is 13.0. The number of nitrogens with zero attached hydrogens (tertiary/aromatic N) is 2. The minimum absolute atomic E-state index is 0.0863. The number of hydrogen-bond acceptors (Lipinski definition) is 5. The van der Waals surface area contributed by atoms with E-state index in [1.807, 2.05) is 0 Å². The van der Waals surface area contributed by atoms with E-state index in [0.717, 1.165) is 4.90 Å². The third-order valence-corrected chi connectivity index (χ3v) is 9.92. The van der Waals surface area contributed by atoms with E-state index in [0.29, 0.717) is 21.8 Å². The lowest BCUT2D eigenvalue weighted by Crippen LogP contribution is -2.46. The number of amides is 2. The SMILES string of the molecule is CCOP(=O)(CC)c1ccc2c(C(C)=O)cn(CC(=O)N3CC(F)CC3C(=O)NCc3cccc(Cl)c3F)c2c1. The molecule has 12 heteroatoms. The van der Waals surface area contributed by atoms with Gasteiger partial charge in [0.25, 0.3) is 0 Å². The standard InChI is InChI=1S/C28H31ClF2N3O5P/c1-4-39-40(38,5-2)20-9-10-21-22(17(3)35)15-33(24(21)12-20)16-26(36)34-14-19(30)11-25(34)28(37)32-13-18-7-6-8-23(29)27(18)31/h6-10,12,15,19,25H,4-5,11,13-14,16H2,1-3H3,(H,32,37). The van der Waals surface area contributed by atoms with Gasteiger partial charge in [-0.3, -0.25) is 18.9 Å². The lowest BCUT2D eigenvalue weighted by Gasteiger charge is -2.24. The van der Waals surface area contributed by atoms with E-state index in [1.165, 1.54) is 25.3 Å². The second-order valence-electron chi connectivity index (χ2n) is 9.66. The molecule has 3 atom stereocenters. The zero-order chi connectivity index (χ0) is 29.2. The Morgan fingerprint density at radius 1 is 1.20 bits per heavy atom. The topological polar surface area (TPSA) is 97.7 Å². The summed E-state index contributed by atoms with van der Waals surface area (Å²) >= 11 is 5.80. The van der Waals surface area contributed by atoms with Gasteiger partial charge in [-0.1, -0.05) is 36.7 Å². The van der Waals surface area contributed by atoms with Crippen LogP contribution in [-0.4, -0.2) is 58.6 Å². The summed E-state index contributed by atoms with van der Waals surface area (Å²) < 4.78 is 49.2. The summed E-state index contributed by atoms with van der Waals surface area (Å²) in [6, 6.07) is 8.31. The second kappa shape index (κ2) is 12.2. The number of alkyl halides is 1. The van der Waals surface area contributed by atoms with Gasteiger partial charge in [-0.2, -0.15) is 0 Å². The van der Waals surface area contributed by atoms with Crippen LogP contribution in [-0.2, 0) is 31.8 Å². The number of ketones is 1. The van der Waals surface area contributed by atoms with Crippen LogP contribution in [0.25, 0.3) is 10.9 Å². The smallest absolute Gasteiger partial charge is 0.243 e. The number of benzene rings is 2. The molecule has 0 aliphatic carbocycles. The number of hydrogen-bond donors (Lipinski definition) is 1. The fraction of sp³-hybridized carbons (Fsp3) is 0.393. The number of fused-ring (bicyclic) bond motifs is 1. The summed E-state index contributed by atoms with van der Waals surface area (Å²) in [7, 11) is -3.15. The monoisotopic (exact) mass is 593 g/mol. The Morgan fingerprint density at radius 3 is 2.62 bits per heavy atom. The van der Waals surface area contributed by atoms with E-state index >= 15 is 0 Å². The Bertz CT molecular complexity index is 1510. The van der Waals surface area contributed by atoms with Gasteiger partial charge in [0.2, 0.25) is 19.2 Å². The van der Waals surface area contributed by atoms with E-state index in [2.05, 4.69) is 5.32 Å². The van der Waals surface area contributed by atoms with Gasteiger partial charge in [-0.15, -0.1) is 0 Å². The van der Waals surface area contributed by atoms with Gasteiger partial charge in [0.1, 0.15) is 24.6 Å². The average molecular weight is 594 g/mol. The molecule has 4 rings (SSSR count). The summed E-state index contributed by atoms with van der Waals surface area (Å²) in [4.78, 5) is 39.9. The maximum absolute atomic E-state index is 14.5. The highest BCUT2D eigenvalue weighted by Crippen LogP contribution is 2.45. The summed E-state index contributed by atoms with van der Waals surface area (Å²) in [6.45, 7) is 4.45. The van der Waals surface area contributed by atoms with E-state index in [4.69, 9.17) is 16.1 Å². The van der Waals surface area contributed by atoms with Crippen LogP contribution in [0.5, 0.6) is 0 Å². The molecule has 1 aromatic heterocycles. The predicted octanol–water partition coefficient (Wildman–Crippen LogP) is 4.85. The van der Waals surface area contributed by atoms with Gasteiger partial charge >= 0.3 is 0 Å². The van der Waals surface area contributed by atoms with Crippen LogP contribution in [0.15, 0.2) is 42.6 Å². The van der Waals surface area contributed by atoms with E-state index in [-0.39, 0.29) is 55.2 Å². The molecule has 1 fully saturated rings. The van der Waals surface area contributed by atoms with Crippen molar-refractivity contribution in [1.29, 1.82) is 0 Å².